The fraction of sp³-hybridized carbons (Fsp3) is 0.652. The van der Waals surface area contributed by atoms with Crippen molar-refractivity contribution in [1.82, 2.24) is 10.2 Å². The average Bonchev–Trinajstić information content (AvgIpc) is 2.72. The van der Waals surface area contributed by atoms with Crippen LogP contribution >= 0.6 is 0 Å². The Hall–Kier alpha value is -2.08. The highest BCUT2D eigenvalue weighted by atomic mass is 16.5. The molecule has 1 fully saturated rings. The third-order valence-electron chi connectivity index (χ3n) is 5.51. The second kappa shape index (κ2) is 12.5. The molecule has 1 N–H and O–H groups in total. The van der Waals surface area contributed by atoms with Gasteiger partial charge in [0.1, 0.15) is 0 Å². The monoisotopic (exact) mass is 404 g/mol. The van der Waals surface area contributed by atoms with Gasteiger partial charge in [-0.2, -0.15) is 0 Å². The first-order valence-corrected chi connectivity index (χ1v) is 10.8. The Morgan fingerprint density at radius 2 is 2.00 bits per heavy atom. The maximum Gasteiger partial charge on any atom is 0.220 e. The molecule has 6 nitrogen and oxygen atoms in total. The number of hydrogen-bond acceptors (Lipinski definition) is 5. The summed E-state index contributed by atoms with van der Waals surface area (Å²) in [7, 11) is 1.55. The topological polar surface area (TPSA) is 67.9 Å². The van der Waals surface area contributed by atoms with Crippen molar-refractivity contribution in [3.8, 4) is 11.5 Å². The molecule has 0 saturated carbocycles. The molecule has 1 aromatic carbocycles. The van der Waals surface area contributed by atoms with Crippen LogP contribution in [0.3, 0.4) is 0 Å². The maximum absolute atomic E-state index is 12.0. The van der Waals surface area contributed by atoms with Crippen LogP contribution in [-0.4, -0.2) is 56.0 Å². The van der Waals surface area contributed by atoms with Gasteiger partial charge in [-0.05, 0) is 77.2 Å². The van der Waals surface area contributed by atoms with E-state index in [2.05, 4.69) is 17.1 Å². The van der Waals surface area contributed by atoms with E-state index >= 15 is 0 Å². The van der Waals surface area contributed by atoms with Gasteiger partial charge in [0.05, 0.1) is 13.7 Å². The van der Waals surface area contributed by atoms with Gasteiger partial charge in [-0.15, -0.1) is 0 Å². The lowest BCUT2D eigenvalue weighted by molar-refractivity contribution is -0.121. The van der Waals surface area contributed by atoms with Gasteiger partial charge in [0.15, 0.2) is 17.3 Å². The standard InChI is InChI=1S/C23H36N2O4/c1-18-9-4-6-14-25(18)15-7-5-13-24-23(27)10-8-16-29-21-12-11-20(19(2)26)17-22(21)28-3/h11-12,17-18H,4-10,13-16H2,1-3H3,(H,24,27). The van der Waals surface area contributed by atoms with Crippen molar-refractivity contribution >= 4 is 11.7 Å². The van der Waals surface area contributed by atoms with Gasteiger partial charge >= 0.3 is 0 Å². The van der Waals surface area contributed by atoms with Crippen molar-refractivity contribution < 1.29 is 19.1 Å². The molecule has 0 bridgehead atoms. The third kappa shape index (κ3) is 8.05. The molecular formula is C23H36N2O4. The zero-order valence-electron chi connectivity index (χ0n) is 18.2. The molecule has 6 heteroatoms. The minimum atomic E-state index is -0.0167. The second-order valence-corrected chi connectivity index (χ2v) is 7.81. The number of nitrogens with one attached hydrogen (secondary N) is 1. The number of likely N-dealkylation sites (tertiary alicyclic amines) is 1. The molecule has 0 aromatic heterocycles. The van der Waals surface area contributed by atoms with Crippen LogP contribution < -0.4 is 14.8 Å². The van der Waals surface area contributed by atoms with Gasteiger partial charge < -0.3 is 19.7 Å². The van der Waals surface area contributed by atoms with Gasteiger partial charge in [-0.25, -0.2) is 0 Å². The summed E-state index contributed by atoms with van der Waals surface area (Å²) < 4.78 is 11.0. The number of Topliss-reactive ketones (excluding diaryl/α,β-unsaturated/α-hetero) is 1. The summed E-state index contributed by atoms with van der Waals surface area (Å²) in [5.74, 6) is 1.17. The smallest absolute Gasteiger partial charge is 0.220 e. The molecule has 1 aliphatic rings. The van der Waals surface area contributed by atoms with Crippen LogP contribution in [0.4, 0.5) is 0 Å². The number of ether oxygens (including phenoxy) is 2. The summed E-state index contributed by atoms with van der Waals surface area (Å²) in [5.41, 5.74) is 0.586. The molecule has 1 saturated heterocycles. The quantitative estimate of drug-likeness (QED) is 0.424. The summed E-state index contributed by atoms with van der Waals surface area (Å²) in [5, 5.41) is 3.00. The SMILES string of the molecule is COc1cc(C(C)=O)ccc1OCCCC(=O)NCCCCN1CCCCC1C. The predicted molar refractivity (Wildman–Crippen MR) is 115 cm³/mol. The van der Waals surface area contributed by atoms with Gasteiger partial charge in [-0.1, -0.05) is 6.42 Å². The van der Waals surface area contributed by atoms with Gasteiger partial charge in [0.25, 0.3) is 0 Å². The van der Waals surface area contributed by atoms with E-state index in [1.54, 1.807) is 25.3 Å². The van der Waals surface area contributed by atoms with Gasteiger partial charge in [-0.3, -0.25) is 9.59 Å². The van der Waals surface area contributed by atoms with Crippen molar-refractivity contribution in [3.05, 3.63) is 23.8 Å². The van der Waals surface area contributed by atoms with Crippen LogP contribution in [0.2, 0.25) is 0 Å². The van der Waals surface area contributed by atoms with Crippen molar-refractivity contribution in [2.45, 2.75) is 64.8 Å². The van der Waals surface area contributed by atoms with E-state index < -0.39 is 0 Å². The van der Waals surface area contributed by atoms with E-state index in [1.807, 2.05) is 0 Å². The fourth-order valence-electron chi connectivity index (χ4n) is 3.67. The predicted octanol–water partition coefficient (Wildman–Crippen LogP) is 3.83. The first-order chi connectivity index (χ1) is 14.0. The van der Waals surface area contributed by atoms with Crippen LogP contribution in [0, 0.1) is 0 Å². The van der Waals surface area contributed by atoms with Gasteiger partial charge in [0, 0.05) is 24.6 Å². The third-order valence-corrected chi connectivity index (χ3v) is 5.51. The number of carbonyl (C=O) groups excluding carboxylic acids is 2. The molecule has 162 valence electrons. The summed E-state index contributed by atoms with van der Waals surface area (Å²) in [6.45, 7) is 7.35. The van der Waals surface area contributed by atoms with E-state index in [9.17, 15) is 9.59 Å². The van der Waals surface area contributed by atoms with Crippen LogP contribution in [0.1, 0.15) is 69.2 Å². The lowest BCUT2D eigenvalue weighted by Crippen LogP contribution is -2.38. The van der Waals surface area contributed by atoms with Crippen molar-refractivity contribution in [2.75, 3.05) is 33.4 Å². The van der Waals surface area contributed by atoms with E-state index in [0.29, 0.717) is 42.6 Å². The summed E-state index contributed by atoms with van der Waals surface area (Å²) in [6, 6.07) is 5.83. The number of nitrogens with zero attached hydrogens (tertiary/aromatic N) is 1. The summed E-state index contributed by atoms with van der Waals surface area (Å²) in [6.07, 6.45) is 7.20. The molecule has 2 rings (SSSR count). The Morgan fingerprint density at radius 3 is 2.72 bits per heavy atom. The van der Waals surface area contributed by atoms with Crippen molar-refractivity contribution in [3.63, 3.8) is 0 Å². The number of piperidine rings is 1. The normalized spacial score (nSPS) is 17.0. The largest absolute Gasteiger partial charge is 0.493 e. The Balaban J connectivity index is 1.56. The molecule has 1 amide bonds. The minimum absolute atomic E-state index is 0.0167. The zero-order chi connectivity index (χ0) is 21.1. The Bertz CT molecular complexity index is 662. The lowest BCUT2D eigenvalue weighted by atomic mass is 10.0. The van der Waals surface area contributed by atoms with Crippen molar-refractivity contribution in [2.24, 2.45) is 0 Å². The number of hydrogen-bond donors (Lipinski definition) is 1. The molecular weight excluding hydrogens is 368 g/mol. The summed E-state index contributed by atoms with van der Waals surface area (Å²) in [4.78, 5) is 26.0. The first kappa shape index (κ1) is 23.2. The van der Waals surface area contributed by atoms with E-state index in [-0.39, 0.29) is 11.7 Å². The second-order valence-electron chi connectivity index (χ2n) is 7.81. The molecule has 1 aliphatic heterocycles. The van der Waals surface area contributed by atoms with Crippen LogP contribution in [0.15, 0.2) is 18.2 Å². The molecule has 1 heterocycles. The highest BCUT2D eigenvalue weighted by molar-refractivity contribution is 5.94. The fourth-order valence-corrected chi connectivity index (χ4v) is 3.67. The Labute approximate surface area is 174 Å². The lowest BCUT2D eigenvalue weighted by Gasteiger charge is -2.33. The number of unbranched alkanes of at least 4 members (excludes halogenated alkanes) is 1. The van der Waals surface area contributed by atoms with Crippen LogP contribution in [0.25, 0.3) is 0 Å². The average molecular weight is 405 g/mol. The van der Waals surface area contributed by atoms with Gasteiger partial charge in [0.2, 0.25) is 5.91 Å². The molecule has 0 aliphatic carbocycles. The Morgan fingerprint density at radius 1 is 1.17 bits per heavy atom. The molecule has 0 spiro atoms. The first-order valence-electron chi connectivity index (χ1n) is 10.8. The van der Waals surface area contributed by atoms with E-state index in [4.69, 9.17) is 9.47 Å². The highest BCUT2D eigenvalue weighted by Crippen LogP contribution is 2.28. The maximum atomic E-state index is 12.0. The van der Waals surface area contributed by atoms with E-state index in [1.165, 1.54) is 32.7 Å². The van der Waals surface area contributed by atoms with Crippen molar-refractivity contribution in [1.29, 1.82) is 0 Å². The Kier molecular flexibility index (Phi) is 9.98. The highest BCUT2D eigenvalue weighted by Gasteiger charge is 2.17. The zero-order valence-corrected chi connectivity index (χ0v) is 18.2. The molecule has 0 radical (unpaired) electrons. The molecule has 1 unspecified atom stereocenters. The molecule has 1 atom stereocenters. The minimum Gasteiger partial charge on any atom is -0.493 e. The molecule has 1 aromatic rings. The number of methoxy groups -OCH3 is 1. The summed E-state index contributed by atoms with van der Waals surface area (Å²) >= 11 is 0. The van der Waals surface area contributed by atoms with Crippen LogP contribution in [-0.2, 0) is 4.79 Å². The number of carbonyl (C=O) groups is 2. The van der Waals surface area contributed by atoms with Crippen LogP contribution in [0.5, 0.6) is 11.5 Å². The van der Waals surface area contributed by atoms with E-state index in [0.717, 1.165) is 25.9 Å². The number of ketones is 1. The molecule has 29 heavy (non-hydrogen) atoms. The number of benzene rings is 1. The number of amides is 1. The number of rotatable bonds is 12.